The van der Waals surface area contributed by atoms with Crippen LogP contribution in [0.4, 0.5) is 13.2 Å². The quantitative estimate of drug-likeness (QED) is 0.751. The molecule has 1 aromatic heterocycles. The molecular formula is C7H5ClF3NO. The van der Waals surface area contributed by atoms with Crippen molar-refractivity contribution in [2.75, 3.05) is 7.11 Å². The first kappa shape index (κ1) is 10.1. The molecule has 0 aliphatic rings. The van der Waals surface area contributed by atoms with Crippen molar-refractivity contribution in [2.45, 2.75) is 6.43 Å². The summed E-state index contributed by atoms with van der Waals surface area (Å²) in [6.45, 7) is 0. The number of methoxy groups -OCH3 is 1. The van der Waals surface area contributed by atoms with E-state index in [4.69, 9.17) is 11.6 Å². The van der Waals surface area contributed by atoms with Crippen LogP contribution in [0.25, 0.3) is 0 Å². The number of pyridine rings is 1. The molecule has 0 aromatic carbocycles. The lowest BCUT2D eigenvalue weighted by Gasteiger charge is -2.08. The lowest BCUT2D eigenvalue weighted by molar-refractivity contribution is 0.141. The van der Waals surface area contributed by atoms with Crippen LogP contribution in [0.3, 0.4) is 0 Å². The number of rotatable bonds is 2. The topological polar surface area (TPSA) is 22.1 Å². The molecule has 0 spiro atoms. The second kappa shape index (κ2) is 3.83. The molecule has 1 rings (SSSR count). The molecule has 0 amide bonds. The van der Waals surface area contributed by atoms with Gasteiger partial charge in [0.25, 0.3) is 6.43 Å². The van der Waals surface area contributed by atoms with Crippen LogP contribution < -0.4 is 4.74 Å². The van der Waals surface area contributed by atoms with Crippen molar-refractivity contribution in [3.8, 4) is 5.75 Å². The van der Waals surface area contributed by atoms with Crippen LogP contribution in [0.15, 0.2) is 6.20 Å². The highest BCUT2D eigenvalue weighted by atomic mass is 35.5. The summed E-state index contributed by atoms with van der Waals surface area (Å²) in [5.74, 6) is -1.31. The summed E-state index contributed by atoms with van der Waals surface area (Å²) in [6, 6.07) is 0. The van der Waals surface area contributed by atoms with Gasteiger partial charge in [0.15, 0.2) is 11.6 Å². The molecule has 1 aromatic rings. The minimum Gasteiger partial charge on any atom is -0.493 e. The average molecular weight is 212 g/mol. The third-order valence-corrected chi connectivity index (χ3v) is 1.72. The lowest BCUT2D eigenvalue weighted by atomic mass is 10.3. The Kier molecular flexibility index (Phi) is 2.98. The van der Waals surface area contributed by atoms with Crippen LogP contribution in [0.1, 0.15) is 12.1 Å². The zero-order valence-electron chi connectivity index (χ0n) is 6.52. The van der Waals surface area contributed by atoms with E-state index >= 15 is 0 Å². The van der Waals surface area contributed by atoms with E-state index in [2.05, 4.69) is 9.72 Å². The predicted molar refractivity (Wildman–Crippen MR) is 40.7 cm³/mol. The molecule has 0 N–H and O–H groups in total. The number of ether oxygens (including phenoxy) is 1. The largest absolute Gasteiger partial charge is 0.493 e. The first-order valence-electron chi connectivity index (χ1n) is 3.24. The van der Waals surface area contributed by atoms with Gasteiger partial charge in [-0.25, -0.2) is 18.2 Å². The van der Waals surface area contributed by atoms with Gasteiger partial charge >= 0.3 is 0 Å². The Balaban J connectivity index is 3.30. The molecule has 13 heavy (non-hydrogen) atoms. The Morgan fingerprint density at radius 3 is 2.62 bits per heavy atom. The smallest absolute Gasteiger partial charge is 0.284 e. The summed E-state index contributed by atoms with van der Waals surface area (Å²) in [4.78, 5) is 3.17. The number of hydrogen-bond acceptors (Lipinski definition) is 2. The van der Waals surface area contributed by atoms with E-state index in [1.165, 1.54) is 0 Å². The highest BCUT2D eigenvalue weighted by molar-refractivity contribution is 6.32. The van der Waals surface area contributed by atoms with E-state index in [0.717, 1.165) is 7.11 Å². The Morgan fingerprint density at radius 2 is 2.15 bits per heavy atom. The molecule has 0 atom stereocenters. The summed E-state index contributed by atoms with van der Waals surface area (Å²) >= 11 is 5.37. The van der Waals surface area contributed by atoms with Gasteiger partial charge < -0.3 is 4.74 Å². The molecule has 0 radical (unpaired) electrons. The van der Waals surface area contributed by atoms with Crippen molar-refractivity contribution in [1.82, 2.24) is 4.98 Å². The summed E-state index contributed by atoms with van der Waals surface area (Å²) in [5.41, 5.74) is -0.658. The molecule has 0 fully saturated rings. The molecule has 0 aliphatic carbocycles. The first-order chi connectivity index (χ1) is 6.07. The SMILES string of the molecule is COc1c(C(F)F)ncc(F)c1Cl. The Labute approximate surface area is 77.3 Å². The van der Waals surface area contributed by atoms with Crippen LogP contribution in [0.5, 0.6) is 5.75 Å². The Bertz CT molecular complexity index is 319. The molecule has 1 heterocycles. The normalized spacial score (nSPS) is 10.6. The third kappa shape index (κ3) is 1.85. The fourth-order valence-corrected chi connectivity index (χ4v) is 1.03. The van der Waals surface area contributed by atoms with Crippen molar-refractivity contribution in [1.29, 1.82) is 0 Å². The molecule has 72 valence electrons. The number of alkyl halides is 2. The fourth-order valence-electron chi connectivity index (χ4n) is 0.812. The van der Waals surface area contributed by atoms with Gasteiger partial charge in [-0.2, -0.15) is 0 Å². The predicted octanol–water partition coefficient (Wildman–Crippen LogP) is 2.82. The van der Waals surface area contributed by atoms with Crippen molar-refractivity contribution in [2.24, 2.45) is 0 Å². The Morgan fingerprint density at radius 1 is 1.54 bits per heavy atom. The van der Waals surface area contributed by atoms with Crippen molar-refractivity contribution in [3.63, 3.8) is 0 Å². The standard InChI is InChI=1S/C7H5ClF3NO/c1-13-6-4(8)3(9)2-12-5(6)7(10)11/h2,7H,1H3. The van der Waals surface area contributed by atoms with E-state index < -0.39 is 28.7 Å². The monoisotopic (exact) mass is 211 g/mol. The van der Waals surface area contributed by atoms with Gasteiger partial charge in [0.1, 0.15) is 10.7 Å². The summed E-state index contributed by atoms with van der Waals surface area (Å²) in [7, 11) is 1.12. The van der Waals surface area contributed by atoms with Crippen LogP contribution in [0.2, 0.25) is 5.02 Å². The van der Waals surface area contributed by atoms with Crippen molar-refractivity contribution < 1.29 is 17.9 Å². The van der Waals surface area contributed by atoms with Gasteiger partial charge in [0, 0.05) is 0 Å². The Hall–Kier alpha value is -0.970. The highest BCUT2D eigenvalue weighted by Gasteiger charge is 2.20. The second-order valence-corrected chi connectivity index (χ2v) is 2.52. The van der Waals surface area contributed by atoms with E-state index in [1.807, 2.05) is 0 Å². The van der Waals surface area contributed by atoms with Gasteiger partial charge in [0.05, 0.1) is 13.3 Å². The van der Waals surface area contributed by atoms with Gasteiger partial charge in [-0.05, 0) is 0 Å². The van der Waals surface area contributed by atoms with Crippen molar-refractivity contribution >= 4 is 11.6 Å². The number of aromatic nitrogens is 1. The van der Waals surface area contributed by atoms with Crippen LogP contribution in [-0.4, -0.2) is 12.1 Å². The number of nitrogens with zero attached hydrogens (tertiary/aromatic N) is 1. The molecule has 0 saturated heterocycles. The van der Waals surface area contributed by atoms with E-state index in [0.29, 0.717) is 6.20 Å². The number of halogens is 4. The fraction of sp³-hybridized carbons (Fsp3) is 0.286. The third-order valence-electron chi connectivity index (χ3n) is 1.37. The van der Waals surface area contributed by atoms with E-state index in [-0.39, 0.29) is 0 Å². The minimum absolute atomic E-state index is 0.420. The van der Waals surface area contributed by atoms with Gasteiger partial charge in [-0.15, -0.1) is 0 Å². The van der Waals surface area contributed by atoms with Gasteiger partial charge in [-0.3, -0.25) is 0 Å². The molecule has 6 heteroatoms. The molecule has 0 bridgehead atoms. The molecule has 0 unspecified atom stereocenters. The summed E-state index contributed by atoms with van der Waals surface area (Å²) < 4.78 is 41.6. The summed E-state index contributed by atoms with van der Waals surface area (Å²) in [5, 5.41) is -0.479. The van der Waals surface area contributed by atoms with Crippen LogP contribution >= 0.6 is 11.6 Å². The molecule has 0 saturated carbocycles. The maximum absolute atomic E-state index is 12.7. The zero-order chi connectivity index (χ0) is 10.0. The maximum atomic E-state index is 12.7. The second-order valence-electron chi connectivity index (χ2n) is 2.14. The van der Waals surface area contributed by atoms with Crippen molar-refractivity contribution in [3.05, 3.63) is 22.7 Å². The zero-order valence-corrected chi connectivity index (χ0v) is 7.28. The van der Waals surface area contributed by atoms with Crippen LogP contribution in [-0.2, 0) is 0 Å². The molecule has 0 aliphatic heterocycles. The average Bonchev–Trinajstić information content (AvgIpc) is 2.09. The molecular weight excluding hydrogens is 207 g/mol. The molecule has 2 nitrogen and oxygen atoms in total. The van der Waals surface area contributed by atoms with Gasteiger partial charge in [0.2, 0.25) is 0 Å². The number of hydrogen-bond donors (Lipinski definition) is 0. The lowest BCUT2D eigenvalue weighted by Crippen LogP contribution is -1.98. The van der Waals surface area contributed by atoms with Gasteiger partial charge in [-0.1, -0.05) is 11.6 Å². The first-order valence-corrected chi connectivity index (χ1v) is 3.61. The van der Waals surface area contributed by atoms with E-state index in [9.17, 15) is 13.2 Å². The summed E-state index contributed by atoms with van der Waals surface area (Å²) in [6.07, 6.45) is -2.21. The minimum atomic E-state index is -2.84. The maximum Gasteiger partial charge on any atom is 0.284 e. The highest BCUT2D eigenvalue weighted by Crippen LogP contribution is 2.34. The van der Waals surface area contributed by atoms with Crippen LogP contribution in [0, 0.1) is 5.82 Å². The van der Waals surface area contributed by atoms with E-state index in [1.54, 1.807) is 0 Å².